The van der Waals surface area contributed by atoms with Crippen molar-refractivity contribution in [2.45, 2.75) is 36.6 Å². The first-order valence-corrected chi connectivity index (χ1v) is 12.1. The van der Waals surface area contributed by atoms with Crippen LogP contribution >= 0.6 is 11.3 Å². The van der Waals surface area contributed by atoms with Gasteiger partial charge in [-0.2, -0.15) is 13.2 Å². The van der Waals surface area contributed by atoms with Crippen LogP contribution in [0, 0.1) is 5.82 Å². The Morgan fingerprint density at radius 1 is 1.08 bits per heavy atom. The fourth-order valence-electron chi connectivity index (χ4n) is 4.08. The van der Waals surface area contributed by atoms with Crippen LogP contribution in [0.1, 0.15) is 30.2 Å². The van der Waals surface area contributed by atoms with Crippen molar-refractivity contribution < 1.29 is 36.7 Å². The Morgan fingerprint density at radius 2 is 1.82 bits per heavy atom. The van der Waals surface area contributed by atoms with Crippen molar-refractivity contribution in [2.24, 2.45) is 0 Å². The van der Waals surface area contributed by atoms with Gasteiger partial charge < -0.3 is 20.2 Å². The highest BCUT2D eigenvalue weighted by Crippen LogP contribution is 2.42. The monoisotopic (exact) mass is 549 g/mol. The lowest BCUT2D eigenvalue weighted by Gasteiger charge is -2.37. The van der Waals surface area contributed by atoms with E-state index in [4.69, 9.17) is 4.42 Å². The third kappa shape index (κ3) is 4.91. The molecule has 2 heterocycles. The van der Waals surface area contributed by atoms with E-state index in [1.54, 1.807) is 0 Å². The van der Waals surface area contributed by atoms with Crippen LogP contribution in [-0.4, -0.2) is 39.2 Å². The second-order valence-electron chi connectivity index (χ2n) is 8.70. The third-order valence-corrected chi connectivity index (χ3v) is 7.08. The molecule has 0 aliphatic heterocycles. The summed E-state index contributed by atoms with van der Waals surface area (Å²) in [5.74, 6) is -1.77. The summed E-state index contributed by atoms with van der Waals surface area (Å²) in [5, 5.41) is 18.0. The summed E-state index contributed by atoms with van der Waals surface area (Å²) in [7, 11) is 0. The topological polar surface area (TPSA) is 129 Å². The van der Waals surface area contributed by atoms with Crippen molar-refractivity contribution in [2.75, 3.05) is 10.6 Å². The zero-order chi connectivity index (χ0) is 27.1. The Balaban J connectivity index is 1.31. The van der Waals surface area contributed by atoms with Gasteiger partial charge in [-0.05, 0) is 49.2 Å². The molecule has 2 aromatic heterocycles. The minimum atomic E-state index is -5.32. The number of carbonyl (C=O) groups excluding carboxylic acids is 2. The molecule has 0 radical (unpaired) electrons. The molecule has 4 N–H and O–H groups in total. The molecule has 0 spiro atoms. The number of halogens is 4. The number of aliphatic hydroxyl groups is 1. The minimum absolute atomic E-state index is 0.0591. The van der Waals surface area contributed by atoms with Crippen molar-refractivity contribution >= 4 is 44.3 Å². The molecule has 0 saturated heterocycles. The molecule has 9 nitrogen and oxygen atoms in total. The van der Waals surface area contributed by atoms with Gasteiger partial charge >= 0.3 is 12.2 Å². The van der Waals surface area contributed by atoms with Crippen molar-refractivity contribution in [1.82, 2.24) is 15.3 Å². The summed E-state index contributed by atoms with van der Waals surface area (Å²) in [6.45, 7) is 0. The standard InChI is InChI=1S/C24H19F4N5O4S/c25-14-2-4-15(5-3-14)31-21(35)33-22-32-17-6-1-13(11-18(17)38-22)23(36,24(26,27)28)20(34)30-16-9-12(10-16)19-29-7-8-37-19/h1-8,11-12,16,36H,9-10H2,(H,30,34)(H2,31,32,33,35). The summed E-state index contributed by atoms with van der Waals surface area (Å²) in [6.07, 6.45) is -1.83. The first kappa shape index (κ1) is 25.6. The lowest BCUT2D eigenvalue weighted by Crippen LogP contribution is -2.58. The van der Waals surface area contributed by atoms with Gasteiger partial charge in [0.05, 0.1) is 16.4 Å². The molecule has 1 aliphatic rings. The first-order valence-electron chi connectivity index (χ1n) is 11.3. The highest BCUT2D eigenvalue weighted by molar-refractivity contribution is 7.22. The van der Waals surface area contributed by atoms with Gasteiger partial charge in [0.15, 0.2) is 11.0 Å². The van der Waals surface area contributed by atoms with Crippen LogP contribution in [0.25, 0.3) is 10.2 Å². The van der Waals surface area contributed by atoms with Gasteiger partial charge in [-0.1, -0.05) is 17.4 Å². The maximum atomic E-state index is 14.1. The summed E-state index contributed by atoms with van der Waals surface area (Å²) in [4.78, 5) is 33.1. The molecule has 2 aromatic carbocycles. The normalized spacial score (nSPS) is 18.9. The van der Waals surface area contributed by atoms with E-state index in [1.807, 2.05) is 0 Å². The Morgan fingerprint density at radius 3 is 2.47 bits per heavy atom. The first-order chi connectivity index (χ1) is 18.0. The van der Waals surface area contributed by atoms with E-state index in [0.717, 1.165) is 35.6 Å². The largest absolute Gasteiger partial charge is 0.449 e. The van der Waals surface area contributed by atoms with Crippen LogP contribution < -0.4 is 16.0 Å². The number of thiazole rings is 1. The molecule has 4 aromatic rings. The molecule has 1 saturated carbocycles. The third-order valence-electron chi connectivity index (χ3n) is 6.14. The molecule has 198 valence electrons. The van der Waals surface area contributed by atoms with Gasteiger partial charge in [-0.25, -0.2) is 19.2 Å². The second-order valence-corrected chi connectivity index (χ2v) is 9.74. The molecule has 1 fully saturated rings. The van der Waals surface area contributed by atoms with Crippen LogP contribution in [0.2, 0.25) is 0 Å². The number of hydrogen-bond acceptors (Lipinski definition) is 7. The molecule has 3 amide bonds. The summed E-state index contributed by atoms with van der Waals surface area (Å²) < 4.78 is 60.7. The second kappa shape index (κ2) is 9.68. The van der Waals surface area contributed by atoms with Crippen molar-refractivity contribution in [3.63, 3.8) is 0 Å². The number of aromatic nitrogens is 2. The summed E-state index contributed by atoms with van der Waals surface area (Å²) >= 11 is 0.849. The van der Waals surface area contributed by atoms with E-state index in [9.17, 15) is 32.3 Å². The minimum Gasteiger partial charge on any atom is -0.449 e. The quantitative estimate of drug-likeness (QED) is 0.254. The molecule has 14 heteroatoms. The van der Waals surface area contributed by atoms with Gasteiger partial charge in [0, 0.05) is 23.2 Å². The van der Waals surface area contributed by atoms with Crippen molar-refractivity contribution in [1.29, 1.82) is 0 Å². The number of anilines is 2. The number of nitrogens with zero attached hydrogens (tertiary/aromatic N) is 2. The van der Waals surface area contributed by atoms with Gasteiger partial charge in [0.25, 0.3) is 11.5 Å². The van der Waals surface area contributed by atoms with Crippen LogP contribution in [0.15, 0.2) is 59.3 Å². The van der Waals surface area contributed by atoms with E-state index in [2.05, 4.69) is 25.9 Å². The van der Waals surface area contributed by atoms with Crippen LogP contribution in [-0.2, 0) is 10.4 Å². The number of amides is 3. The number of nitrogens with one attached hydrogen (secondary N) is 3. The van der Waals surface area contributed by atoms with E-state index in [0.29, 0.717) is 24.4 Å². The molecule has 1 atom stereocenters. The highest BCUT2D eigenvalue weighted by Gasteiger charge is 2.61. The average Bonchev–Trinajstić information content (AvgIpc) is 3.50. The molecule has 1 aliphatic carbocycles. The molecule has 1 unspecified atom stereocenters. The molecule has 0 bridgehead atoms. The average molecular weight is 550 g/mol. The Kier molecular flexibility index (Phi) is 6.53. The SMILES string of the molecule is O=C(Nc1ccc(F)cc1)Nc1nc2ccc(C(O)(C(=O)NC3CC(c4ncco4)C3)C(F)(F)F)cc2s1. The Bertz CT molecular complexity index is 1470. The highest BCUT2D eigenvalue weighted by atomic mass is 32.1. The number of benzene rings is 2. The van der Waals surface area contributed by atoms with Gasteiger partial charge in [0.2, 0.25) is 0 Å². The lowest BCUT2D eigenvalue weighted by atomic mass is 9.79. The number of carbonyl (C=O) groups is 2. The molecule has 5 rings (SSSR count). The predicted molar refractivity (Wildman–Crippen MR) is 129 cm³/mol. The number of rotatable bonds is 6. The van der Waals surface area contributed by atoms with Gasteiger partial charge in [-0.15, -0.1) is 0 Å². The number of oxazole rings is 1. The predicted octanol–water partition coefficient (Wildman–Crippen LogP) is 4.88. The summed E-state index contributed by atoms with van der Waals surface area (Å²) in [6, 6.07) is 6.92. The van der Waals surface area contributed by atoms with Crippen LogP contribution in [0.5, 0.6) is 0 Å². The molecular weight excluding hydrogens is 530 g/mol. The zero-order valence-corrected chi connectivity index (χ0v) is 20.1. The lowest BCUT2D eigenvalue weighted by molar-refractivity contribution is -0.257. The maximum absolute atomic E-state index is 14.1. The maximum Gasteiger partial charge on any atom is 0.430 e. The van der Waals surface area contributed by atoms with Gasteiger partial charge in [-0.3, -0.25) is 10.1 Å². The van der Waals surface area contributed by atoms with Gasteiger partial charge in [0.1, 0.15) is 12.1 Å². The Labute approximate surface area is 215 Å². The van der Waals surface area contributed by atoms with E-state index in [-0.39, 0.29) is 21.3 Å². The van der Waals surface area contributed by atoms with Crippen molar-refractivity contribution in [3.05, 3.63) is 72.2 Å². The van der Waals surface area contributed by atoms with E-state index in [1.165, 1.54) is 30.7 Å². The van der Waals surface area contributed by atoms with E-state index < -0.39 is 41.1 Å². The van der Waals surface area contributed by atoms with Crippen LogP contribution in [0.3, 0.4) is 0 Å². The Hall–Kier alpha value is -4.04. The van der Waals surface area contributed by atoms with E-state index >= 15 is 0 Å². The number of urea groups is 1. The zero-order valence-electron chi connectivity index (χ0n) is 19.3. The van der Waals surface area contributed by atoms with Crippen LogP contribution in [0.4, 0.5) is 33.2 Å². The van der Waals surface area contributed by atoms with Crippen molar-refractivity contribution in [3.8, 4) is 0 Å². The summed E-state index contributed by atoms with van der Waals surface area (Å²) in [5.41, 5.74) is -3.95. The molecule has 38 heavy (non-hydrogen) atoms. The fraction of sp³-hybridized carbons (Fsp3) is 0.250. The molecular formula is C24H19F4N5O4S. The number of fused-ring (bicyclic) bond motifs is 1. The smallest absolute Gasteiger partial charge is 0.430 e. The number of alkyl halides is 3. The number of hydrogen-bond donors (Lipinski definition) is 4. The fourth-order valence-corrected chi connectivity index (χ4v) is 4.98.